The van der Waals surface area contributed by atoms with Gasteiger partial charge in [-0.1, -0.05) is 43.5 Å². The second-order valence-corrected chi connectivity index (χ2v) is 9.54. The zero-order valence-corrected chi connectivity index (χ0v) is 21.8. The first-order valence-corrected chi connectivity index (χ1v) is 13.2. The number of benzene rings is 3. The standard InChI is InChI=1S/C30H30N4O5/c1-2-38-28-18-21(15-16-27(28)39-20-22-9-8-12-24(17-22)34(36)37)19-31-33-29(23-10-4-3-5-11-23)32-26-14-7-6-13-25(26)30(33)35/h6-9,12-19,23H,2-5,10-11,20H2,1H3. The van der Waals surface area contributed by atoms with E-state index in [-0.39, 0.29) is 23.8 Å². The van der Waals surface area contributed by atoms with Crippen molar-refractivity contribution < 1.29 is 14.4 Å². The van der Waals surface area contributed by atoms with Crippen LogP contribution < -0.4 is 15.0 Å². The van der Waals surface area contributed by atoms with Gasteiger partial charge in [-0.3, -0.25) is 14.9 Å². The molecule has 4 aromatic rings. The maximum absolute atomic E-state index is 13.4. The molecule has 200 valence electrons. The summed E-state index contributed by atoms with van der Waals surface area (Å²) >= 11 is 0. The Bertz CT molecular complexity index is 1570. The molecule has 1 aromatic heterocycles. The summed E-state index contributed by atoms with van der Waals surface area (Å²) < 4.78 is 13.2. The van der Waals surface area contributed by atoms with Gasteiger partial charge in [-0.05, 0) is 61.2 Å². The topological polar surface area (TPSA) is 109 Å². The molecule has 1 aliphatic carbocycles. The molecule has 9 nitrogen and oxygen atoms in total. The molecule has 1 fully saturated rings. The van der Waals surface area contributed by atoms with Crippen LogP contribution in [0.25, 0.3) is 10.9 Å². The lowest BCUT2D eigenvalue weighted by molar-refractivity contribution is -0.384. The molecule has 0 bridgehead atoms. The first-order valence-electron chi connectivity index (χ1n) is 13.2. The Morgan fingerprint density at radius 1 is 1.03 bits per heavy atom. The lowest BCUT2D eigenvalue weighted by Gasteiger charge is -2.22. The summed E-state index contributed by atoms with van der Waals surface area (Å²) in [5, 5.41) is 16.2. The molecule has 39 heavy (non-hydrogen) atoms. The van der Waals surface area contributed by atoms with Gasteiger partial charge in [-0.25, -0.2) is 4.98 Å². The lowest BCUT2D eigenvalue weighted by Crippen LogP contribution is -2.25. The third-order valence-electron chi connectivity index (χ3n) is 6.85. The second-order valence-electron chi connectivity index (χ2n) is 9.54. The quantitative estimate of drug-likeness (QED) is 0.146. The first-order chi connectivity index (χ1) is 19.0. The number of aromatic nitrogens is 2. The minimum absolute atomic E-state index is 0.0127. The van der Waals surface area contributed by atoms with E-state index < -0.39 is 4.92 Å². The van der Waals surface area contributed by atoms with Crippen molar-refractivity contribution in [2.45, 2.75) is 51.6 Å². The van der Waals surface area contributed by atoms with Gasteiger partial charge in [0.15, 0.2) is 11.5 Å². The van der Waals surface area contributed by atoms with Gasteiger partial charge in [0, 0.05) is 18.1 Å². The number of hydrogen-bond acceptors (Lipinski definition) is 7. The van der Waals surface area contributed by atoms with Crippen LogP contribution in [0.5, 0.6) is 11.5 Å². The van der Waals surface area contributed by atoms with Gasteiger partial charge in [0.2, 0.25) is 0 Å². The minimum Gasteiger partial charge on any atom is -0.490 e. The van der Waals surface area contributed by atoms with Crippen molar-refractivity contribution in [2.75, 3.05) is 6.61 Å². The Morgan fingerprint density at radius 2 is 1.85 bits per heavy atom. The van der Waals surface area contributed by atoms with Crippen LogP contribution in [0.1, 0.15) is 61.9 Å². The van der Waals surface area contributed by atoms with Crippen molar-refractivity contribution in [1.82, 2.24) is 9.66 Å². The molecule has 1 saturated carbocycles. The number of nitro groups is 1. The molecule has 0 atom stereocenters. The fourth-order valence-electron chi connectivity index (χ4n) is 4.92. The predicted molar refractivity (Wildman–Crippen MR) is 150 cm³/mol. The van der Waals surface area contributed by atoms with Crippen molar-refractivity contribution >= 4 is 22.8 Å². The Morgan fingerprint density at radius 3 is 2.64 bits per heavy atom. The smallest absolute Gasteiger partial charge is 0.282 e. The molecule has 3 aromatic carbocycles. The number of hydrogen-bond donors (Lipinski definition) is 0. The highest BCUT2D eigenvalue weighted by atomic mass is 16.6. The average molecular weight is 527 g/mol. The average Bonchev–Trinajstić information content (AvgIpc) is 2.97. The summed E-state index contributed by atoms with van der Waals surface area (Å²) in [4.78, 5) is 29.0. The summed E-state index contributed by atoms with van der Waals surface area (Å²) in [6.45, 7) is 2.45. The molecule has 0 N–H and O–H groups in total. The van der Waals surface area contributed by atoms with Crippen LogP contribution in [0.2, 0.25) is 0 Å². The Kier molecular flexibility index (Phi) is 7.96. The molecule has 0 unspecified atom stereocenters. The summed E-state index contributed by atoms with van der Waals surface area (Å²) in [6, 6.07) is 19.1. The van der Waals surface area contributed by atoms with E-state index in [1.807, 2.05) is 31.2 Å². The molecule has 0 amide bonds. The highest BCUT2D eigenvalue weighted by Gasteiger charge is 2.22. The number of rotatable bonds is 9. The zero-order chi connectivity index (χ0) is 27.2. The van der Waals surface area contributed by atoms with Crippen molar-refractivity contribution in [3.05, 3.63) is 104 Å². The number of non-ortho nitro benzene ring substituents is 1. The largest absolute Gasteiger partial charge is 0.490 e. The van der Waals surface area contributed by atoms with Crippen LogP contribution in [0.4, 0.5) is 5.69 Å². The van der Waals surface area contributed by atoms with E-state index in [2.05, 4.69) is 5.10 Å². The van der Waals surface area contributed by atoms with Crippen molar-refractivity contribution in [1.29, 1.82) is 0 Å². The highest BCUT2D eigenvalue weighted by Crippen LogP contribution is 2.32. The van der Waals surface area contributed by atoms with Gasteiger partial charge < -0.3 is 9.47 Å². The maximum Gasteiger partial charge on any atom is 0.282 e. The molecule has 1 heterocycles. The molecular formula is C30H30N4O5. The number of ether oxygens (including phenoxy) is 2. The van der Waals surface area contributed by atoms with E-state index in [4.69, 9.17) is 14.5 Å². The van der Waals surface area contributed by atoms with Crippen LogP contribution in [0.15, 0.2) is 76.6 Å². The third kappa shape index (κ3) is 5.98. The predicted octanol–water partition coefficient (Wildman–Crippen LogP) is 6.21. The number of nitrogens with zero attached hydrogens (tertiary/aromatic N) is 4. The Balaban J connectivity index is 1.43. The van der Waals surface area contributed by atoms with Gasteiger partial charge in [-0.15, -0.1) is 0 Å². The summed E-state index contributed by atoms with van der Waals surface area (Å²) in [6.07, 6.45) is 7.06. The van der Waals surface area contributed by atoms with E-state index in [9.17, 15) is 14.9 Å². The molecule has 5 rings (SSSR count). The lowest BCUT2D eigenvalue weighted by atomic mass is 9.88. The molecule has 9 heteroatoms. The van der Waals surface area contributed by atoms with Crippen molar-refractivity contribution in [3.8, 4) is 11.5 Å². The minimum atomic E-state index is -0.431. The van der Waals surface area contributed by atoms with Crippen LogP contribution in [-0.4, -0.2) is 27.4 Å². The van der Waals surface area contributed by atoms with Gasteiger partial charge in [0.1, 0.15) is 12.4 Å². The van der Waals surface area contributed by atoms with Crippen LogP contribution in [-0.2, 0) is 6.61 Å². The van der Waals surface area contributed by atoms with E-state index in [0.29, 0.717) is 40.4 Å². The van der Waals surface area contributed by atoms with Crippen LogP contribution in [0.3, 0.4) is 0 Å². The Labute approximate surface area is 225 Å². The number of para-hydroxylation sites is 1. The monoisotopic (exact) mass is 526 g/mol. The van der Waals surface area contributed by atoms with Crippen LogP contribution >= 0.6 is 0 Å². The molecule has 0 spiro atoms. The maximum atomic E-state index is 13.4. The van der Waals surface area contributed by atoms with Gasteiger partial charge in [0.25, 0.3) is 11.2 Å². The summed E-state index contributed by atoms with van der Waals surface area (Å²) in [5.41, 5.74) is 1.93. The SMILES string of the molecule is CCOc1cc(C=Nn2c(C3CCCCC3)nc3ccccc3c2=O)ccc1OCc1cccc([N+](=O)[O-])c1. The van der Waals surface area contributed by atoms with Crippen LogP contribution in [0, 0.1) is 10.1 Å². The van der Waals surface area contributed by atoms with E-state index in [1.54, 1.807) is 36.5 Å². The third-order valence-corrected chi connectivity index (χ3v) is 6.85. The van der Waals surface area contributed by atoms with E-state index >= 15 is 0 Å². The molecule has 0 aliphatic heterocycles. The van der Waals surface area contributed by atoms with Gasteiger partial charge in [-0.2, -0.15) is 9.78 Å². The summed E-state index contributed by atoms with van der Waals surface area (Å²) in [7, 11) is 0. The first kappa shape index (κ1) is 26.1. The number of nitro benzene ring substituents is 1. The van der Waals surface area contributed by atoms with Crippen molar-refractivity contribution in [3.63, 3.8) is 0 Å². The van der Waals surface area contributed by atoms with E-state index in [0.717, 1.165) is 31.2 Å². The fourth-order valence-corrected chi connectivity index (χ4v) is 4.92. The second kappa shape index (κ2) is 11.9. The normalized spacial score (nSPS) is 14.1. The highest BCUT2D eigenvalue weighted by molar-refractivity contribution is 5.81. The van der Waals surface area contributed by atoms with E-state index in [1.165, 1.54) is 23.2 Å². The Hall–Kier alpha value is -4.53. The fraction of sp³-hybridized carbons (Fsp3) is 0.300. The van der Waals surface area contributed by atoms with Gasteiger partial charge in [0.05, 0.1) is 28.6 Å². The molecular weight excluding hydrogens is 496 g/mol. The molecule has 0 radical (unpaired) electrons. The summed E-state index contributed by atoms with van der Waals surface area (Å²) in [5.74, 6) is 1.92. The zero-order valence-electron chi connectivity index (χ0n) is 21.8. The number of fused-ring (bicyclic) bond motifs is 1. The molecule has 1 aliphatic rings. The molecule has 0 saturated heterocycles. The van der Waals surface area contributed by atoms with Crippen molar-refractivity contribution in [2.24, 2.45) is 5.10 Å². The van der Waals surface area contributed by atoms with Gasteiger partial charge >= 0.3 is 0 Å².